The second-order valence-electron chi connectivity index (χ2n) is 4.75. The standard InChI is InChI=1S/C15H24BrNS/c1-5-15(6-2,18-4)11-17-12(3)13-8-7-9-14(16)10-13/h7-10,12,17H,5-6,11H2,1-4H3. The molecule has 0 aromatic heterocycles. The maximum atomic E-state index is 3.68. The van der Waals surface area contributed by atoms with Crippen molar-refractivity contribution in [2.45, 2.75) is 44.4 Å². The van der Waals surface area contributed by atoms with Crippen LogP contribution in [0.1, 0.15) is 45.2 Å². The number of thioether (sulfide) groups is 1. The van der Waals surface area contributed by atoms with E-state index >= 15 is 0 Å². The Morgan fingerprint density at radius 1 is 1.33 bits per heavy atom. The van der Waals surface area contributed by atoms with Gasteiger partial charge in [0.15, 0.2) is 0 Å². The molecule has 1 N–H and O–H groups in total. The van der Waals surface area contributed by atoms with Gasteiger partial charge in [-0.1, -0.05) is 41.9 Å². The van der Waals surface area contributed by atoms with E-state index in [1.54, 1.807) is 0 Å². The number of benzene rings is 1. The molecule has 1 aromatic carbocycles. The van der Waals surface area contributed by atoms with Crippen LogP contribution in [0.4, 0.5) is 0 Å². The lowest BCUT2D eigenvalue weighted by molar-refractivity contribution is 0.460. The van der Waals surface area contributed by atoms with E-state index in [2.05, 4.69) is 72.5 Å². The number of rotatable bonds is 7. The molecular weight excluding hydrogens is 306 g/mol. The molecule has 1 atom stereocenters. The molecule has 0 aliphatic heterocycles. The highest BCUT2D eigenvalue weighted by molar-refractivity contribution is 9.10. The van der Waals surface area contributed by atoms with E-state index in [4.69, 9.17) is 0 Å². The van der Waals surface area contributed by atoms with Gasteiger partial charge < -0.3 is 5.32 Å². The molecule has 0 aliphatic carbocycles. The van der Waals surface area contributed by atoms with Crippen LogP contribution in [0.25, 0.3) is 0 Å². The van der Waals surface area contributed by atoms with Crippen LogP contribution in [0.15, 0.2) is 28.7 Å². The summed E-state index contributed by atoms with van der Waals surface area (Å²) in [6, 6.07) is 8.93. The molecule has 0 heterocycles. The molecule has 0 aliphatic rings. The number of hydrogen-bond donors (Lipinski definition) is 1. The third kappa shape index (κ3) is 4.29. The third-order valence-corrected chi connectivity index (χ3v) is 5.88. The average Bonchev–Trinajstić information content (AvgIpc) is 2.40. The van der Waals surface area contributed by atoms with E-state index in [0.717, 1.165) is 11.0 Å². The van der Waals surface area contributed by atoms with Gasteiger partial charge in [-0.25, -0.2) is 0 Å². The maximum absolute atomic E-state index is 3.68. The SMILES string of the molecule is CCC(CC)(CNC(C)c1cccc(Br)c1)SC. The van der Waals surface area contributed by atoms with E-state index in [-0.39, 0.29) is 0 Å². The Balaban J connectivity index is 2.62. The average molecular weight is 330 g/mol. The fraction of sp³-hybridized carbons (Fsp3) is 0.600. The van der Waals surface area contributed by atoms with E-state index in [1.165, 1.54) is 18.4 Å². The van der Waals surface area contributed by atoms with Gasteiger partial charge in [0, 0.05) is 21.8 Å². The zero-order valence-electron chi connectivity index (χ0n) is 11.8. The van der Waals surface area contributed by atoms with Crippen LogP contribution >= 0.6 is 27.7 Å². The highest BCUT2D eigenvalue weighted by atomic mass is 79.9. The van der Waals surface area contributed by atoms with Gasteiger partial charge >= 0.3 is 0 Å². The van der Waals surface area contributed by atoms with Crippen LogP contribution in [0.2, 0.25) is 0 Å². The van der Waals surface area contributed by atoms with E-state index in [0.29, 0.717) is 10.8 Å². The van der Waals surface area contributed by atoms with E-state index in [9.17, 15) is 0 Å². The molecule has 0 amide bonds. The predicted octanol–water partition coefficient (Wildman–Crippen LogP) is 5.02. The molecule has 102 valence electrons. The number of halogens is 1. The normalized spacial score (nSPS) is 13.6. The predicted molar refractivity (Wildman–Crippen MR) is 87.4 cm³/mol. The van der Waals surface area contributed by atoms with Crippen LogP contribution < -0.4 is 5.32 Å². The molecule has 0 bridgehead atoms. The van der Waals surface area contributed by atoms with Gasteiger partial charge in [0.2, 0.25) is 0 Å². The summed E-state index contributed by atoms with van der Waals surface area (Å²) in [6.45, 7) is 7.87. The van der Waals surface area contributed by atoms with Gasteiger partial charge in [-0.2, -0.15) is 11.8 Å². The Hall–Kier alpha value is 0.01000. The lowest BCUT2D eigenvalue weighted by Crippen LogP contribution is -2.37. The molecule has 1 nitrogen and oxygen atoms in total. The summed E-state index contributed by atoms with van der Waals surface area (Å²) in [5.41, 5.74) is 1.34. The maximum Gasteiger partial charge on any atom is 0.0292 e. The third-order valence-electron chi connectivity index (χ3n) is 3.80. The molecule has 18 heavy (non-hydrogen) atoms. The Bertz CT molecular complexity index is 355. The number of hydrogen-bond acceptors (Lipinski definition) is 2. The van der Waals surface area contributed by atoms with Crippen LogP contribution in [0.3, 0.4) is 0 Å². The highest BCUT2D eigenvalue weighted by Gasteiger charge is 2.25. The molecule has 0 fully saturated rings. The second-order valence-corrected chi connectivity index (χ2v) is 6.94. The highest BCUT2D eigenvalue weighted by Crippen LogP contribution is 2.30. The first-order valence-electron chi connectivity index (χ1n) is 6.61. The second kappa shape index (κ2) is 7.56. The van der Waals surface area contributed by atoms with Crippen molar-refractivity contribution in [1.29, 1.82) is 0 Å². The largest absolute Gasteiger partial charge is 0.309 e. The van der Waals surface area contributed by atoms with Gasteiger partial charge in [-0.05, 0) is 43.7 Å². The van der Waals surface area contributed by atoms with Crippen molar-refractivity contribution in [2.24, 2.45) is 0 Å². The van der Waals surface area contributed by atoms with Gasteiger partial charge in [0.25, 0.3) is 0 Å². The smallest absolute Gasteiger partial charge is 0.0292 e. The van der Waals surface area contributed by atoms with Crippen LogP contribution in [-0.2, 0) is 0 Å². The summed E-state index contributed by atoms with van der Waals surface area (Å²) in [5.74, 6) is 0. The van der Waals surface area contributed by atoms with Crippen molar-refractivity contribution in [3.63, 3.8) is 0 Å². The summed E-state index contributed by atoms with van der Waals surface area (Å²) in [7, 11) is 0. The molecule has 0 saturated carbocycles. The van der Waals surface area contributed by atoms with Crippen LogP contribution in [0.5, 0.6) is 0 Å². The van der Waals surface area contributed by atoms with E-state index < -0.39 is 0 Å². The molecule has 3 heteroatoms. The first-order valence-corrected chi connectivity index (χ1v) is 8.62. The minimum Gasteiger partial charge on any atom is -0.309 e. The van der Waals surface area contributed by atoms with Crippen molar-refractivity contribution in [1.82, 2.24) is 5.32 Å². The van der Waals surface area contributed by atoms with Crippen molar-refractivity contribution in [3.05, 3.63) is 34.3 Å². The van der Waals surface area contributed by atoms with Gasteiger partial charge in [0.1, 0.15) is 0 Å². The topological polar surface area (TPSA) is 12.0 Å². The van der Waals surface area contributed by atoms with E-state index in [1.807, 2.05) is 11.8 Å². The van der Waals surface area contributed by atoms with Crippen molar-refractivity contribution >= 4 is 27.7 Å². The number of nitrogens with one attached hydrogen (secondary N) is 1. The summed E-state index contributed by atoms with van der Waals surface area (Å²) in [6.07, 6.45) is 4.64. The van der Waals surface area contributed by atoms with Gasteiger partial charge in [-0.15, -0.1) is 0 Å². The van der Waals surface area contributed by atoms with Crippen molar-refractivity contribution < 1.29 is 0 Å². The first kappa shape index (κ1) is 16.1. The van der Waals surface area contributed by atoms with Crippen molar-refractivity contribution in [2.75, 3.05) is 12.8 Å². The Morgan fingerprint density at radius 3 is 2.50 bits per heavy atom. The Labute approximate surface area is 124 Å². The van der Waals surface area contributed by atoms with Gasteiger partial charge in [0.05, 0.1) is 0 Å². The van der Waals surface area contributed by atoms with Crippen LogP contribution in [0, 0.1) is 0 Å². The summed E-state index contributed by atoms with van der Waals surface area (Å²) in [5, 5.41) is 3.68. The summed E-state index contributed by atoms with van der Waals surface area (Å²) >= 11 is 5.52. The molecule has 1 rings (SSSR count). The molecule has 0 radical (unpaired) electrons. The lowest BCUT2D eigenvalue weighted by atomic mass is 10.0. The monoisotopic (exact) mass is 329 g/mol. The zero-order chi connectivity index (χ0) is 13.6. The molecule has 0 saturated heterocycles. The minimum atomic E-state index is 0.375. The Morgan fingerprint density at radius 2 is 2.00 bits per heavy atom. The zero-order valence-corrected chi connectivity index (χ0v) is 14.2. The Kier molecular flexibility index (Phi) is 6.75. The summed E-state index contributed by atoms with van der Waals surface area (Å²) < 4.78 is 1.52. The molecular formula is C15H24BrNS. The minimum absolute atomic E-state index is 0.375. The molecule has 1 aromatic rings. The van der Waals surface area contributed by atoms with Gasteiger partial charge in [-0.3, -0.25) is 0 Å². The quantitative estimate of drug-likeness (QED) is 0.753. The fourth-order valence-corrected chi connectivity index (χ4v) is 3.32. The van der Waals surface area contributed by atoms with Crippen LogP contribution in [-0.4, -0.2) is 17.5 Å². The molecule has 0 spiro atoms. The fourth-order valence-electron chi connectivity index (χ4n) is 2.09. The lowest BCUT2D eigenvalue weighted by Gasteiger charge is -2.31. The first-order chi connectivity index (χ1) is 8.56. The van der Waals surface area contributed by atoms with Crippen molar-refractivity contribution in [3.8, 4) is 0 Å². The summed E-state index contributed by atoms with van der Waals surface area (Å²) in [4.78, 5) is 0. The molecule has 1 unspecified atom stereocenters.